The predicted molar refractivity (Wildman–Crippen MR) is 72.1 cm³/mol. The van der Waals surface area contributed by atoms with Crippen LogP contribution in [0.15, 0.2) is 11.9 Å². The maximum absolute atomic E-state index is 11.0. The lowest BCUT2D eigenvalue weighted by atomic mass is 9.98. The van der Waals surface area contributed by atoms with Crippen LogP contribution in [-0.4, -0.2) is 62.0 Å². The molecule has 1 saturated heterocycles. The van der Waals surface area contributed by atoms with Crippen LogP contribution in [0.25, 0.3) is 0 Å². The van der Waals surface area contributed by atoms with Gasteiger partial charge in [0.25, 0.3) is 0 Å². The highest BCUT2D eigenvalue weighted by Gasteiger charge is 2.48. The molecule has 0 spiro atoms. The van der Waals surface area contributed by atoms with Gasteiger partial charge < -0.3 is 30.9 Å². The average molecular weight is 305 g/mol. The standard InChI is InChI=1S/C12H23N3O6/c1-2-3-4-6(13)5-15(14)11-9(18)7(16)8(17)10(21-11)12(19)20/h5,7-11,16-18H,2-4,13-14H2,1H3,(H,19,20)/b6-5-. The molecule has 0 saturated carbocycles. The van der Waals surface area contributed by atoms with E-state index < -0.39 is 36.6 Å². The summed E-state index contributed by atoms with van der Waals surface area (Å²) in [5, 5.41) is 38.9. The number of carboxylic acid groups (broad SMARTS) is 1. The van der Waals surface area contributed by atoms with E-state index in [0.29, 0.717) is 12.1 Å². The molecule has 21 heavy (non-hydrogen) atoms. The third-order valence-electron chi connectivity index (χ3n) is 3.26. The summed E-state index contributed by atoms with van der Waals surface area (Å²) in [6.07, 6.45) is -4.35. The number of aliphatic hydroxyl groups is 3. The minimum absolute atomic E-state index is 0.433. The molecule has 0 amide bonds. The van der Waals surface area contributed by atoms with Gasteiger partial charge in [-0.25, -0.2) is 10.6 Å². The number of aliphatic hydroxyl groups excluding tert-OH is 3. The lowest BCUT2D eigenvalue weighted by Gasteiger charge is -2.41. The van der Waals surface area contributed by atoms with Crippen LogP contribution in [0.3, 0.4) is 0 Å². The van der Waals surface area contributed by atoms with E-state index in [2.05, 4.69) is 0 Å². The van der Waals surface area contributed by atoms with E-state index >= 15 is 0 Å². The number of hydrazine groups is 1. The van der Waals surface area contributed by atoms with Gasteiger partial charge in [0.15, 0.2) is 12.3 Å². The van der Waals surface area contributed by atoms with Gasteiger partial charge in [-0.05, 0) is 12.8 Å². The highest BCUT2D eigenvalue weighted by Crippen LogP contribution is 2.23. The van der Waals surface area contributed by atoms with Gasteiger partial charge in [-0.1, -0.05) is 13.3 Å². The van der Waals surface area contributed by atoms with E-state index in [9.17, 15) is 20.1 Å². The molecule has 0 bridgehead atoms. The van der Waals surface area contributed by atoms with Crippen LogP contribution in [0.5, 0.6) is 0 Å². The Morgan fingerprint density at radius 2 is 1.90 bits per heavy atom. The quantitative estimate of drug-likeness (QED) is 0.242. The molecule has 0 aromatic heterocycles. The summed E-state index contributed by atoms with van der Waals surface area (Å²) in [7, 11) is 0. The Hall–Kier alpha value is -1.39. The molecule has 5 unspecified atom stereocenters. The van der Waals surface area contributed by atoms with Crippen molar-refractivity contribution in [2.24, 2.45) is 11.6 Å². The zero-order valence-electron chi connectivity index (χ0n) is 11.8. The molecule has 122 valence electrons. The van der Waals surface area contributed by atoms with Crippen molar-refractivity contribution in [3.63, 3.8) is 0 Å². The van der Waals surface area contributed by atoms with Gasteiger partial charge >= 0.3 is 5.97 Å². The van der Waals surface area contributed by atoms with Gasteiger partial charge in [-0.2, -0.15) is 0 Å². The van der Waals surface area contributed by atoms with Crippen molar-refractivity contribution in [1.29, 1.82) is 0 Å². The Kier molecular flexibility index (Phi) is 6.37. The first-order valence-electron chi connectivity index (χ1n) is 6.71. The van der Waals surface area contributed by atoms with E-state index in [1.807, 2.05) is 6.92 Å². The maximum atomic E-state index is 11.0. The van der Waals surface area contributed by atoms with Crippen LogP contribution in [0.4, 0.5) is 0 Å². The number of allylic oxidation sites excluding steroid dienone is 1. The molecule has 1 aliphatic heterocycles. The number of rotatable bonds is 6. The SMILES string of the molecule is CCCC/C(N)=C/N(N)C1OC(C(=O)O)C(O)C(O)C1O. The van der Waals surface area contributed by atoms with Crippen LogP contribution in [0.2, 0.25) is 0 Å². The molecule has 1 fully saturated rings. The normalized spacial score (nSPS) is 33.8. The van der Waals surface area contributed by atoms with E-state index in [0.717, 1.165) is 17.9 Å². The highest BCUT2D eigenvalue weighted by molar-refractivity contribution is 5.73. The summed E-state index contributed by atoms with van der Waals surface area (Å²) >= 11 is 0. The molecule has 0 aromatic rings. The van der Waals surface area contributed by atoms with E-state index in [1.165, 1.54) is 6.20 Å². The number of carbonyl (C=O) groups is 1. The number of nitrogens with zero attached hydrogens (tertiary/aromatic N) is 1. The number of carboxylic acids is 1. The molecular weight excluding hydrogens is 282 g/mol. The first-order chi connectivity index (χ1) is 9.79. The summed E-state index contributed by atoms with van der Waals surface area (Å²) in [5.41, 5.74) is 6.18. The van der Waals surface area contributed by atoms with Gasteiger partial charge in [0.1, 0.15) is 18.3 Å². The Balaban J connectivity index is 2.82. The number of hydrogen-bond acceptors (Lipinski definition) is 8. The molecule has 0 aliphatic carbocycles. The zero-order chi connectivity index (χ0) is 16.2. The van der Waals surface area contributed by atoms with Crippen molar-refractivity contribution < 1.29 is 30.0 Å². The second-order valence-electron chi connectivity index (χ2n) is 5.01. The fraction of sp³-hybridized carbons (Fsp3) is 0.750. The largest absolute Gasteiger partial charge is 0.479 e. The first-order valence-corrected chi connectivity index (χ1v) is 6.71. The molecule has 9 nitrogen and oxygen atoms in total. The van der Waals surface area contributed by atoms with Crippen molar-refractivity contribution in [1.82, 2.24) is 5.01 Å². The van der Waals surface area contributed by atoms with Crippen LogP contribution in [0.1, 0.15) is 26.2 Å². The Labute approximate surface area is 122 Å². The Bertz CT molecular complexity index is 391. The van der Waals surface area contributed by atoms with Crippen molar-refractivity contribution in [2.45, 2.75) is 56.8 Å². The third-order valence-corrected chi connectivity index (χ3v) is 3.26. The van der Waals surface area contributed by atoms with Crippen LogP contribution >= 0.6 is 0 Å². The summed E-state index contributed by atoms with van der Waals surface area (Å²) in [4.78, 5) is 11.0. The fourth-order valence-electron chi connectivity index (χ4n) is 2.02. The van der Waals surface area contributed by atoms with Crippen LogP contribution < -0.4 is 11.6 Å². The molecule has 0 aromatic carbocycles. The topological polar surface area (TPSA) is 162 Å². The minimum atomic E-state index is -1.75. The number of hydrogen-bond donors (Lipinski definition) is 6. The monoisotopic (exact) mass is 305 g/mol. The minimum Gasteiger partial charge on any atom is -0.479 e. The summed E-state index contributed by atoms with van der Waals surface area (Å²) < 4.78 is 5.05. The van der Waals surface area contributed by atoms with Gasteiger partial charge in [-0.3, -0.25) is 5.01 Å². The number of unbranched alkanes of at least 4 members (excludes halogenated alkanes) is 1. The molecule has 5 atom stereocenters. The van der Waals surface area contributed by atoms with E-state index in [1.54, 1.807) is 0 Å². The van der Waals surface area contributed by atoms with Crippen LogP contribution in [0, 0.1) is 0 Å². The summed E-state index contributed by atoms with van der Waals surface area (Å²) in [6.45, 7) is 2.00. The molecule has 1 aliphatic rings. The third kappa shape index (κ3) is 4.29. The molecular formula is C12H23N3O6. The predicted octanol–water partition coefficient (Wildman–Crippen LogP) is -1.96. The second-order valence-corrected chi connectivity index (χ2v) is 5.01. The zero-order valence-corrected chi connectivity index (χ0v) is 11.8. The van der Waals surface area contributed by atoms with Crippen molar-refractivity contribution in [2.75, 3.05) is 0 Å². The molecule has 8 N–H and O–H groups in total. The number of ether oxygens (including phenoxy) is 1. The second kappa shape index (κ2) is 7.57. The smallest absolute Gasteiger partial charge is 0.335 e. The van der Waals surface area contributed by atoms with Crippen molar-refractivity contribution in [3.05, 3.63) is 11.9 Å². The Morgan fingerprint density at radius 1 is 1.29 bits per heavy atom. The highest BCUT2D eigenvalue weighted by atomic mass is 16.6. The van der Waals surface area contributed by atoms with Gasteiger partial charge in [0.2, 0.25) is 0 Å². The van der Waals surface area contributed by atoms with Crippen molar-refractivity contribution in [3.8, 4) is 0 Å². The summed E-state index contributed by atoms with van der Waals surface area (Å²) in [6, 6.07) is 0. The molecule has 1 heterocycles. The fourth-order valence-corrected chi connectivity index (χ4v) is 2.02. The Morgan fingerprint density at radius 3 is 2.43 bits per heavy atom. The summed E-state index contributed by atoms with van der Waals surface area (Å²) in [5.74, 6) is 4.22. The van der Waals surface area contributed by atoms with E-state index in [4.69, 9.17) is 21.4 Å². The maximum Gasteiger partial charge on any atom is 0.335 e. The van der Waals surface area contributed by atoms with Crippen molar-refractivity contribution >= 4 is 5.97 Å². The number of aliphatic carboxylic acids is 1. The average Bonchev–Trinajstić information content (AvgIpc) is 2.42. The number of nitrogens with two attached hydrogens (primary N) is 2. The van der Waals surface area contributed by atoms with Gasteiger partial charge in [-0.15, -0.1) is 0 Å². The van der Waals surface area contributed by atoms with Gasteiger partial charge in [0, 0.05) is 11.9 Å². The molecule has 1 rings (SSSR count). The molecule has 0 radical (unpaired) electrons. The van der Waals surface area contributed by atoms with Gasteiger partial charge in [0.05, 0.1) is 0 Å². The molecule has 9 heteroatoms. The van der Waals surface area contributed by atoms with E-state index in [-0.39, 0.29) is 0 Å². The lowest BCUT2D eigenvalue weighted by molar-refractivity contribution is -0.254. The van der Waals surface area contributed by atoms with Crippen LogP contribution in [-0.2, 0) is 9.53 Å². The first kappa shape index (κ1) is 17.7. The lowest BCUT2D eigenvalue weighted by Crippen LogP contribution is -2.64.